The molecule has 0 spiro atoms. The maximum atomic E-state index is 13.0. The lowest BCUT2D eigenvalue weighted by molar-refractivity contribution is 0.236. The van der Waals surface area contributed by atoms with E-state index < -0.39 is 11.6 Å². The van der Waals surface area contributed by atoms with E-state index in [-0.39, 0.29) is 12.5 Å². The van der Waals surface area contributed by atoms with Gasteiger partial charge in [-0.2, -0.15) is 0 Å². The first-order valence-corrected chi connectivity index (χ1v) is 4.19. The zero-order valence-electron chi connectivity index (χ0n) is 7.43. The molecule has 0 fully saturated rings. The number of aliphatic hydroxyl groups excluding tert-OH is 1. The maximum absolute atomic E-state index is 13.0. The minimum atomic E-state index is -0.831. The van der Waals surface area contributed by atoms with Gasteiger partial charge in [0.25, 0.3) is 0 Å². The van der Waals surface area contributed by atoms with Crippen LogP contribution in [0.4, 0.5) is 8.78 Å². The minimum absolute atomic E-state index is 0.0179. The third-order valence-corrected chi connectivity index (χ3v) is 1.91. The van der Waals surface area contributed by atoms with E-state index in [1.54, 1.807) is 6.92 Å². The van der Waals surface area contributed by atoms with Gasteiger partial charge in [0, 0.05) is 6.61 Å². The molecule has 0 heterocycles. The van der Waals surface area contributed by atoms with Gasteiger partial charge in [-0.3, -0.25) is 0 Å². The normalized spacial score (nSPS) is 12.9. The van der Waals surface area contributed by atoms with Crippen LogP contribution in [0.15, 0.2) is 18.2 Å². The summed E-state index contributed by atoms with van der Waals surface area (Å²) in [7, 11) is 0. The third kappa shape index (κ3) is 2.49. The van der Waals surface area contributed by atoms with E-state index in [1.807, 2.05) is 0 Å². The molecule has 0 aliphatic heterocycles. The molecule has 1 atom stereocenters. The summed E-state index contributed by atoms with van der Waals surface area (Å²) in [5.41, 5.74) is 0.321. The van der Waals surface area contributed by atoms with Crippen molar-refractivity contribution in [1.82, 2.24) is 0 Å². The molecule has 13 heavy (non-hydrogen) atoms. The van der Waals surface area contributed by atoms with Gasteiger partial charge in [0.2, 0.25) is 0 Å². The largest absolute Gasteiger partial charge is 0.396 e. The Morgan fingerprint density at radius 3 is 2.69 bits per heavy atom. The summed E-state index contributed by atoms with van der Waals surface area (Å²) >= 11 is 0. The molecule has 0 radical (unpaired) electrons. The van der Waals surface area contributed by atoms with Crippen molar-refractivity contribution in [3.63, 3.8) is 0 Å². The fourth-order valence-corrected chi connectivity index (χ4v) is 1.15. The molecule has 0 bridgehead atoms. The number of hydrogen-bond donors (Lipinski definition) is 1. The first kappa shape index (κ1) is 10.1. The minimum Gasteiger partial charge on any atom is -0.396 e. The van der Waals surface area contributed by atoms with Crippen molar-refractivity contribution in [2.45, 2.75) is 13.3 Å². The molecule has 0 aliphatic carbocycles. The molecule has 0 unspecified atom stereocenters. The molecule has 1 aromatic carbocycles. The first-order chi connectivity index (χ1) is 6.15. The van der Waals surface area contributed by atoms with E-state index in [0.717, 1.165) is 6.07 Å². The SMILES string of the molecule is C[C@@H](CO)Cc1cccc(F)c1F. The second kappa shape index (κ2) is 4.33. The van der Waals surface area contributed by atoms with E-state index >= 15 is 0 Å². The van der Waals surface area contributed by atoms with Crippen LogP contribution in [-0.2, 0) is 6.42 Å². The van der Waals surface area contributed by atoms with E-state index in [4.69, 9.17) is 5.11 Å². The van der Waals surface area contributed by atoms with Crippen LogP contribution in [0.1, 0.15) is 12.5 Å². The molecule has 0 saturated carbocycles. The van der Waals surface area contributed by atoms with Gasteiger partial charge < -0.3 is 5.11 Å². The zero-order chi connectivity index (χ0) is 9.84. The van der Waals surface area contributed by atoms with Crippen LogP contribution in [0.2, 0.25) is 0 Å². The number of halogens is 2. The average molecular weight is 186 g/mol. The summed E-state index contributed by atoms with van der Waals surface area (Å²) in [6.45, 7) is 1.76. The second-order valence-electron chi connectivity index (χ2n) is 3.20. The summed E-state index contributed by atoms with van der Waals surface area (Å²) in [5.74, 6) is -1.68. The first-order valence-electron chi connectivity index (χ1n) is 4.19. The zero-order valence-corrected chi connectivity index (χ0v) is 7.43. The monoisotopic (exact) mass is 186 g/mol. The van der Waals surface area contributed by atoms with Gasteiger partial charge in [-0.15, -0.1) is 0 Å². The summed E-state index contributed by atoms with van der Waals surface area (Å²) in [6.07, 6.45) is 0.361. The Labute approximate surface area is 76.0 Å². The standard InChI is InChI=1S/C10H12F2O/c1-7(6-13)5-8-3-2-4-9(11)10(8)12/h2-4,7,13H,5-6H2,1H3/t7-/m1/s1. The van der Waals surface area contributed by atoms with Crippen molar-refractivity contribution in [1.29, 1.82) is 0 Å². The Kier molecular flexibility index (Phi) is 3.37. The molecular weight excluding hydrogens is 174 g/mol. The lowest BCUT2D eigenvalue weighted by Crippen LogP contribution is -2.06. The van der Waals surface area contributed by atoms with Gasteiger partial charge in [-0.05, 0) is 24.0 Å². The summed E-state index contributed by atoms with van der Waals surface area (Å²) in [6, 6.07) is 4.09. The molecule has 0 amide bonds. The van der Waals surface area contributed by atoms with E-state index in [2.05, 4.69) is 0 Å². The van der Waals surface area contributed by atoms with E-state index in [0.29, 0.717) is 12.0 Å². The molecular formula is C10H12F2O. The molecule has 0 aliphatic rings. The Bertz CT molecular complexity index is 286. The predicted octanol–water partition coefficient (Wildman–Crippen LogP) is 2.14. The van der Waals surface area contributed by atoms with E-state index in [9.17, 15) is 8.78 Å². The van der Waals surface area contributed by atoms with Gasteiger partial charge in [0.1, 0.15) is 0 Å². The molecule has 72 valence electrons. The molecule has 1 N–H and O–H groups in total. The summed E-state index contributed by atoms with van der Waals surface area (Å²) in [5, 5.41) is 8.74. The van der Waals surface area contributed by atoms with Crippen LogP contribution in [-0.4, -0.2) is 11.7 Å². The fraction of sp³-hybridized carbons (Fsp3) is 0.400. The Balaban J connectivity index is 2.83. The lowest BCUT2D eigenvalue weighted by Gasteiger charge is -2.08. The highest BCUT2D eigenvalue weighted by molar-refractivity contribution is 5.19. The quantitative estimate of drug-likeness (QED) is 0.766. The number of benzene rings is 1. The van der Waals surface area contributed by atoms with Crippen LogP contribution >= 0.6 is 0 Å². The van der Waals surface area contributed by atoms with Crippen molar-refractivity contribution in [2.24, 2.45) is 5.92 Å². The van der Waals surface area contributed by atoms with Crippen LogP contribution in [0.3, 0.4) is 0 Å². The van der Waals surface area contributed by atoms with Gasteiger partial charge in [-0.25, -0.2) is 8.78 Å². The van der Waals surface area contributed by atoms with Crippen molar-refractivity contribution in [2.75, 3.05) is 6.61 Å². The van der Waals surface area contributed by atoms with Gasteiger partial charge >= 0.3 is 0 Å². The van der Waals surface area contributed by atoms with E-state index in [1.165, 1.54) is 12.1 Å². The fourth-order valence-electron chi connectivity index (χ4n) is 1.15. The number of hydrogen-bond acceptors (Lipinski definition) is 1. The highest BCUT2D eigenvalue weighted by Crippen LogP contribution is 2.15. The van der Waals surface area contributed by atoms with Crippen LogP contribution in [0.5, 0.6) is 0 Å². The Morgan fingerprint density at radius 1 is 1.38 bits per heavy atom. The molecule has 1 rings (SSSR count). The Morgan fingerprint density at radius 2 is 2.08 bits per heavy atom. The number of rotatable bonds is 3. The van der Waals surface area contributed by atoms with Crippen molar-refractivity contribution < 1.29 is 13.9 Å². The highest BCUT2D eigenvalue weighted by atomic mass is 19.2. The second-order valence-corrected chi connectivity index (χ2v) is 3.20. The van der Waals surface area contributed by atoms with Crippen molar-refractivity contribution in [3.05, 3.63) is 35.4 Å². The third-order valence-electron chi connectivity index (χ3n) is 1.91. The van der Waals surface area contributed by atoms with Crippen LogP contribution in [0.25, 0.3) is 0 Å². The van der Waals surface area contributed by atoms with Crippen molar-refractivity contribution >= 4 is 0 Å². The topological polar surface area (TPSA) is 20.2 Å². The lowest BCUT2D eigenvalue weighted by atomic mass is 10.0. The van der Waals surface area contributed by atoms with Crippen LogP contribution < -0.4 is 0 Å². The highest BCUT2D eigenvalue weighted by Gasteiger charge is 2.10. The molecule has 0 aromatic heterocycles. The molecule has 3 heteroatoms. The van der Waals surface area contributed by atoms with Gasteiger partial charge in [-0.1, -0.05) is 19.1 Å². The number of aliphatic hydroxyl groups is 1. The van der Waals surface area contributed by atoms with Gasteiger partial charge in [0.15, 0.2) is 11.6 Å². The van der Waals surface area contributed by atoms with Crippen LogP contribution in [0, 0.1) is 17.6 Å². The maximum Gasteiger partial charge on any atom is 0.162 e. The summed E-state index contributed by atoms with van der Waals surface area (Å²) in [4.78, 5) is 0. The van der Waals surface area contributed by atoms with Crippen molar-refractivity contribution in [3.8, 4) is 0 Å². The molecule has 1 nitrogen and oxygen atoms in total. The van der Waals surface area contributed by atoms with Gasteiger partial charge in [0.05, 0.1) is 0 Å². The molecule has 0 saturated heterocycles. The predicted molar refractivity (Wildman–Crippen MR) is 46.3 cm³/mol. The smallest absolute Gasteiger partial charge is 0.162 e. The summed E-state index contributed by atoms with van der Waals surface area (Å²) < 4.78 is 25.7. The average Bonchev–Trinajstić information content (AvgIpc) is 2.13. The molecule has 1 aromatic rings. The Hall–Kier alpha value is -0.960.